The molecule has 26 heavy (non-hydrogen) atoms. The van der Waals surface area contributed by atoms with E-state index in [2.05, 4.69) is 17.1 Å². The van der Waals surface area contributed by atoms with Gasteiger partial charge in [-0.2, -0.15) is 8.42 Å². The molecular formula is C17H23N4O4S+. The Morgan fingerprint density at radius 2 is 1.88 bits per heavy atom. The number of nitrogens with zero attached hydrogens (tertiary/aromatic N) is 2. The minimum Gasteiger partial charge on any atom is -0.477 e. The van der Waals surface area contributed by atoms with Crippen LogP contribution >= 0.6 is 0 Å². The van der Waals surface area contributed by atoms with E-state index in [9.17, 15) is 18.3 Å². The van der Waals surface area contributed by atoms with Crippen LogP contribution in [0, 0.1) is 6.92 Å². The van der Waals surface area contributed by atoms with Crippen LogP contribution in [0.15, 0.2) is 36.5 Å². The molecule has 2 heterocycles. The number of benzene rings is 1. The molecule has 1 aromatic heterocycles. The topological polar surface area (TPSA) is 118 Å². The van der Waals surface area contributed by atoms with E-state index in [1.54, 1.807) is 13.0 Å². The van der Waals surface area contributed by atoms with Crippen LogP contribution in [0.5, 0.6) is 0 Å². The Morgan fingerprint density at radius 3 is 2.46 bits per heavy atom. The maximum atomic E-state index is 11.6. The second kappa shape index (κ2) is 8.26. The summed E-state index contributed by atoms with van der Waals surface area (Å²) in [5, 5.41) is 17.8. The lowest BCUT2D eigenvalue weighted by atomic mass is 10.0. The fourth-order valence-corrected chi connectivity index (χ4v) is 3.52. The molecule has 2 aromatic rings. The Labute approximate surface area is 153 Å². The molecule has 1 fully saturated rings. The molecule has 0 amide bonds. The standard InChI is InChI=1S/C15H18N4O4S.C2H5/c16-24(22,23)19-7-4-13(14(19)15(20)21)11-2-1-3-12(10-11)18-8-5-17-6-9-18;1-2/h1-4,7,10,17H,5-6,8-9H2,(H,20,21)(H2,16,22,23);1H2,2H3/q;+1. The third kappa shape index (κ3) is 4.18. The lowest BCUT2D eigenvalue weighted by Gasteiger charge is -2.29. The normalized spacial score (nSPS) is 14.5. The van der Waals surface area contributed by atoms with Gasteiger partial charge in [0.15, 0.2) is 5.69 Å². The van der Waals surface area contributed by atoms with Gasteiger partial charge < -0.3 is 15.3 Å². The zero-order valence-electron chi connectivity index (χ0n) is 14.6. The van der Waals surface area contributed by atoms with Crippen molar-refractivity contribution in [2.24, 2.45) is 5.14 Å². The second-order valence-corrected chi connectivity index (χ2v) is 6.93. The van der Waals surface area contributed by atoms with Crippen molar-refractivity contribution in [2.45, 2.75) is 6.92 Å². The summed E-state index contributed by atoms with van der Waals surface area (Å²) in [6.07, 6.45) is 1.16. The maximum absolute atomic E-state index is 11.6. The average molecular weight is 379 g/mol. The van der Waals surface area contributed by atoms with Crippen LogP contribution in [0.25, 0.3) is 11.1 Å². The van der Waals surface area contributed by atoms with E-state index in [1.807, 2.05) is 18.2 Å². The molecule has 1 aromatic carbocycles. The molecule has 1 saturated heterocycles. The minimum absolute atomic E-state index is 0.313. The van der Waals surface area contributed by atoms with Crippen LogP contribution in [0.1, 0.15) is 17.4 Å². The highest BCUT2D eigenvalue weighted by atomic mass is 32.2. The molecule has 8 nitrogen and oxygen atoms in total. The van der Waals surface area contributed by atoms with E-state index < -0.39 is 16.2 Å². The van der Waals surface area contributed by atoms with E-state index in [0.29, 0.717) is 15.1 Å². The summed E-state index contributed by atoms with van der Waals surface area (Å²) in [5.74, 6) is -1.35. The highest BCUT2D eigenvalue weighted by Crippen LogP contribution is 2.29. The summed E-state index contributed by atoms with van der Waals surface area (Å²) >= 11 is 0. The van der Waals surface area contributed by atoms with Gasteiger partial charge in [-0.1, -0.05) is 12.1 Å². The lowest BCUT2D eigenvalue weighted by Crippen LogP contribution is -2.43. The van der Waals surface area contributed by atoms with Gasteiger partial charge in [-0.15, -0.1) is 0 Å². The van der Waals surface area contributed by atoms with Crippen LogP contribution < -0.4 is 15.4 Å². The van der Waals surface area contributed by atoms with Gasteiger partial charge in [0.2, 0.25) is 0 Å². The first kappa shape index (κ1) is 19.8. The summed E-state index contributed by atoms with van der Waals surface area (Å²) in [4.78, 5) is 13.7. The third-order valence-corrected chi connectivity index (χ3v) is 4.82. The molecule has 9 heteroatoms. The lowest BCUT2D eigenvalue weighted by molar-refractivity contribution is 0.0690. The molecule has 0 atom stereocenters. The quantitative estimate of drug-likeness (QED) is 0.686. The number of aromatic carboxylic acids is 1. The molecule has 4 N–H and O–H groups in total. The molecule has 0 saturated carbocycles. The molecular weight excluding hydrogens is 356 g/mol. The molecule has 140 valence electrons. The number of hydrogen-bond donors (Lipinski definition) is 3. The predicted molar refractivity (Wildman–Crippen MR) is 101 cm³/mol. The number of hydrogen-bond acceptors (Lipinski definition) is 5. The van der Waals surface area contributed by atoms with Crippen molar-refractivity contribution in [2.75, 3.05) is 31.1 Å². The van der Waals surface area contributed by atoms with Crippen LogP contribution in [0.2, 0.25) is 0 Å². The van der Waals surface area contributed by atoms with Gasteiger partial charge in [0.25, 0.3) is 0 Å². The second-order valence-electron chi connectivity index (χ2n) is 5.51. The molecule has 0 spiro atoms. The zero-order valence-corrected chi connectivity index (χ0v) is 15.4. The maximum Gasteiger partial charge on any atom is 0.354 e. The van der Waals surface area contributed by atoms with E-state index in [-0.39, 0.29) is 5.69 Å². The number of anilines is 1. The Hall–Kier alpha value is -2.49. The van der Waals surface area contributed by atoms with Gasteiger partial charge in [-0.3, -0.25) is 0 Å². The van der Waals surface area contributed by atoms with Crippen LogP contribution in [0.3, 0.4) is 0 Å². The number of nitrogens with one attached hydrogen (secondary N) is 1. The van der Waals surface area contributed by atoms with Crippen molar-refractivity contribution in [3.05, 3.63) is 49.1 Å². The van der Waals surface area contributed by atoms with Gasteiger partial charge in [0.05, 0.1) is 13.8 Å². The van der Waals surface area contributed by atoms with Crippen molar-refractivity contribution in [3.8, 4) is 11.1 Å². The number of carboxylic acids is 1. The molecule has 0 unspecified atom stereocenters. The van der Waals surface area contributed by atoms with E-state index in [0.717, 1.165) is 38.1 Å². The van der Waals surface area contributed by atoms with Crippen LogP contribution in [-0.2, 0) is 10.2 Å². The fraction of sp³-hybridized carbons (Fsp3) is 0.294. The highest BCUT2D eigenvalue weighted by molar-refractivity contribution is 7.87. The molecule has 0 aliphatic carbocycles. The SMILES string of the molecule is NS(=O)(=O)n1ccc(-c2cccc(N3CCNCC3)c2)c1C(=O)O.[CH2+]C. The third-order valence-electron chi connectivity index (χ3n) is 3.97. The number of aromatic nitrogens is 1. The number of carboxylic acid groups (broad SMARTS) is 1. The molecule has 1 aliphatic rings. The van der Waals surface area contributed by atoms with Crippen molar-refractivity contribution >= 4 is 21.9 Å². The summed E-state index contributed by atoms with van der Waals surface area (Å²) in [7, 11) is -4.18. The summed E-state index contributed by atoms with van der Waals surface area (Å²) in [6.45, 7) is 8.47. The average Bonchev–Trinajstić information content (AvgIpc) is 3.10. The Bertz CT molecular complexity index is 871. The summed E-state index contributed by atoms with van der Waals surface area (Å²) < 4.78 is 23.7. The minimum atomic E-state index is -4.18. The van der Waals surface area contributed by atoms with E-state index >= 15 is 0 Å². The Kier molecular flexibility index (Phi) is 6.30. The summed E-state index contributed by atoms with van der Waals surface area (Å²) in [6, 6.07) is 8.84. The first-order chi connectivity index (χ1) is 12.4. The van der Waals surface area contributed by atoms with Crippen molar-refractivity contribution in [3.63, 3.8) is 0 Å². The van der Waals surface area contributed by atoms with Gasteiger partial charge in [0.1, 0.15) is 0 Å². The molecule has 3 rings (SSSR count). The number of rotatable bonds is 4. The number of nitrogens with two attached hydrogens (primary N) is 1. The van der Waals surface area contributed by atoms with Crippen LogP contribution in [0.4, 0.5) is 5.69 Å². The Balaban J connectivity index is 0.00000117. The van der Waals surface area contributed by atoms with Crippen LogP contribution in [-0.4, -0.2) is 49.6 Å². The van der Waals surface area contributed by atoms with Gasteiger partial charge in [-0.25, -0.2) is 13.9 Å². The van der Waals surface area contributed by atoms with Crippen molar-refractivity contribution in [1.82, 2.24) is 9.29 Å². The van der Waals surface area contributed by atoms with Gasteiger partial charge in [0, 0.05) is 43.6 Å². The monoisotopic (exact) mass is 379 g/mol. The number of carbonyl (C=O) groups is 1. The van der Waals surface area contributed by atoms with E-state index in [1.165, 1.54) is 6.07 Å². The van der Waals surface area contributed by atoms with Gasteiger partial charge in [-0.05, 0) is 23.8 Å². The predicted octanol–water partition coefficient (Wildman–Crippen LogP) is 1.15. The van der Waals surface area contributed by atoms with E-state index in [4.69, 9.17) is 5.14 Å². The Morgan fingerprint density at radius 1 is 1.23 bits per heavy atom. The van der Waals surface area contributed by atoms with Crippen molar-refractivity contribution in [1.29, 1.82) is 0 Å². The zero-order chi connectivity index (χ0) is 19.3. The molecule has 0 radical (unpaired) electrons. The smallest absolute Gasteiger partial charge is 0.354 e. The summed E-state index contributed by atoms with van der Waals surface area (Å²) in [5.41, 5.74) is 1.54. The first-order valence-electron chi connectivity index (χ1n) is 8.12. The first-order valence-corrected chi connectivity index (χ1v) is 9.63. The van der Waals surface area contributed by atoms with Crippen molar-refractivity contribution < 1.29 is 18.3 Å². The van der Waals surface area contributed by atoms with Gasteiger partial charge >= 0.3 is 16.2 Å². The molecule has 1 aliphatic heterocycles. The fourth-order valence-electron chi connectivity index (χ4n) is 2.86. The highest BCUT2D eigenvalue weighted by Gasteiger charge is 2.23. The molecule has 0 bridgehead atoms. The largest absolute Gasteiger partial charge is 0.477 e. The number of piperazine rings is 1.